The number of nitrogens with two attached hydrogens (primary N) is 2. The number of ketones is 1. The molecule has 0 heterocycles. The molecule has 6 N–H and O–H groups in total. The Bertz CT molecular complexity index is 803. The molecule has 4 aliphatic rings. The average molecular weight is 475 g/mol. The lowest BCUT2D eigenvalue weighted by molar-refractivity contribution is -0.164. The van der Waals surface area contributed by atoms with Gasteiger partial charge in [-0.2, -0.15) is 0 Å². The van der Waals surface area contributed by atoms with E-state index < -0.39 is 6.04 Å². The monoisotopic (exact) mass is 474 g/mol. The molecule has 0 saturated heterocycles. The smallest absolute Gasteiger partial charge is 0.323 e. The standard InChI is InChI=1S/C27H46N4O3/c1-16(32)20-8-9-21-19-7-6-17-15-18(34-24(33)23(28)5-4-14-31-25(29)30)10-12-26(17,2)22(19)11-13-27(20,21)3/h17-23H,4-15,28H2,1-3H3,(H4,29,30,31)/t17?,18?,19-,20+,21-,22-,23-,26-,27+/m0/s1. The van der Waals surface area contributed by atoms with Gasteiger partial charge in [0.15, 0.2) is 5.96 Å². The van der Waals surface area contributed by atoms with Crippen molar-refractivity contribution in [1.29, 1.82) is 5.41 Å². The van der Waals surface area contributed by atoms with Gasteiger partial charge >= 0.3 is 5.97 Å². The van der Waals surface area contributed by atoms with Gasteiger partial charge in [-0.1, -0.05) is 13.8 Å². The molecule has 0 aliphatic heterocycles. The van der Waals surface area contributed by atoms with Crippen molar-refractivity contribution < 1.29 is 14.3 Å². The molecule has 34 heavy (non-hydrogen) atoms. The third kappa shape index (κ3) is 4.61. The maximum atomic E-state index is 12.6. The molecular formula is C27H46N4O3. The number of hydrogen-bond acceptors (Lipinski definition) is 5. The van der Waals surface area contributed by atoms with Crippen LogP contribution >= 0.6 is 0 Å². The van der Waals surface area contributed by atoms with Crippen molar-refractivity contribution >= 4 is 17.7 Å². The molecule has 0 spiro atoms. The van der Waals surface area contributed by atoms with Gasteiger partial charge in [-0.15, -0.1) is 0 Å². The zero-order valence-electron chi connectivity index (χ0n) is 21.4. The van der Waals surface area contributed by atoms with Crippen molar-refractivity contribution in [1.82, 2.24) is 5.32 Å². The Kier molecular flexibility index (Phi) is 7.33. The third-order valence-corrected chi connectivity index (χ3v) is 10.7. The van der Waals surface area contributed by atoms with Gasteiger partial charge in [-0.3, -0.25) is 15.0 Å². The predicted molar refractivity (Wildman–Crippen MR) is 133 cm³/mol. The number of carbonyl (C=O) groups is 2. The van der Waals surface area contributed by atoms with Gasteiger partial charge in [0.2, 0.25) is 0 Å². The number of Topliss-reactive ketones (excluding diaryl/α,β-unsaturated/α-hetero) is 1. The van der Waals surface area contributed by atoms with Gasteiger partial charge in [0.1, 0.15) is 17.9 Å². The van der Waals surface area contributed by atoms with Crippen molar-refractivity contribution in [3.05, 3.63) is 0 Å². The van der Waals surface area contributed by atoms with Crippen LogP contribution in [-0.2, 0) is 14.3 Å². The summed E-state index contributed by atoms with van der Waals surface area (Å²) in [5.41, 5.74) is 11.9. The Labute approximate surface area is 205 Å². The lowest BCUT2D eigenvalue weighted by atomic mass is 9.44. The van der Waals surface area contributed by atoms with E-state index in [0.29, 0.717) is 42.4 Å². The van der Waals surface area contributed by atoms with Gasteiger partial charge in [0, 0.05) is 12.5 Å². The summed E-state index contributed by atoms with van der Waals surface area (Å²) in [7, 11) is 0. The number of hydrogen-bond donors (Lipinski definition) is 4. The molecular weight excluding hydrogens is 428 g/mol. The normalized spacial score (nSPS) is 42.0. The first-order valence-corrected chi connectivity index (χ1v) is 13.6. The van der Waals surface area contributed by atoms with Crippen LogP contribution in [0.4, 0.5) is 0 Å². The zero-order valence-corrected chi connectivity index (χ0v) is 21.4. The number of carbonyl (C=O) groups excluding carboxylic acids is 2. The van der Waals surface area contributed by atoms with E-state index in [1.165, 1.54) is 32.1 Å². The topological polar surface area (TPSA) is 131 Å². The van der Waals surface area contributed by atoms with E-state index in [1.54, 1.807) is 6.92 Å². The zero-order chi connectivity index (χ0) is 24.7. The Balaban J connectivity index is 1.33. The highest BCUT2D eigenvalue weighted by Crippen LogP contribution is 2.67. The first-order chi connectivity index (χ1) is 16.1. The molecule has 7 heteroatoms. The van der Waals surface area contributed by atoms with Gasteiger partial charge < -0.3 is 21.5 Å². The predicted octanol–water partition coefficient (Wildman–Crippen LogP) is 3.74. The summed E-state index contributed by atoms with van der Waals surface area (Å²) in [5.74, 6) is 3.10. The van der Waals surface area contributed by atoms with Crippen LogP contribution in [0.3, 0.4) is 0 Å². The van der Waals surface area contributed by atoms with E-state index in [-0.39, 0.29) is 29.4 Å². The molecule has 0 aromatic rings. The fourth-order valence-electron chi connectivity index (χ4n) is 8.91. The number of esters is 1. The molecule has 2 unspecified atom stereocenters. The number of nitrogens with one attached hydrogen (secondary N) is 2. The minimum absolute atomic E-state index is 0.0223. The molecule has 9 atom stereocenters. The van der Waals surface area contributed by atoms with Crippen molar-refractivity contribution in [3.63, 3.8) is 0 Å². The molecule has 0 aromatic heterocycles. The Morgan fingerprint density at radius 3 is 2.47 bits per heavy atom. The molecule has 4 saturated carbocycles. The highest BCUT2D eigenvalue weighted by Gasteiger charge is 2.60. The summed E-state index contributed by atoms with van der Waals surface area (Å²) < 4.78 is 5.90. The van der Waals surface area contributed by atoms with Gasteiger partial charge in [0.25, 0.3) is 0 Å². The molecule has 0 aromatic carbocycles. The second kappa shape index (κ2) is 9.79. The highest BCUT2D eigenvalue weighted by molar-refractivity contribution is 5.79. The number of rotatable bonds is 7. The van der Waals surface area contributed by atoms with Crippen LogP contribution in [0.1, 0.15) is 91.4 Å². The van der Waals surface area contributed by atoms with E-state index in [1.807, 2.05) is 0 Å². The van der Waals surface area contributed by atoms with Crippen LogP contribution in [0.15, 0.2) is 0 Å². The van der Waals surface area contributed by atoms with Gasteiger partial charge in [0.05, 0.1) is 0 Å². The summed E-state index contributed by atoms with van der Waals surface area (Å²) in [6.07, 6.45) is 11.4. The van der Waals surface area contributed by atoms with E-state index >= 15 is 0 Å². The number of fused-ring (bicyclic) bond motifs is 5. The fraction of sp³-hybridized carbons (Fsp3) is 0.889. The quantitative estimate of drug-likeness (QED) is 0.192. The lowest BCUT2D eigenvalue weighted by Gasteiger charge is -2.61. The van der Waals surface area contributed by atoms with Crippen LogP contribution in [0.2, 0.25) is 0 Å². The summed E-state index contributed by atoms with van der Waals surface area (Å²) in [6, 6.07) is -0.620. The minimum Gasteiger partial charge on any atom is -0.461 e. The molecule has 0 amide bonds. The third-order valence-electron chi connectivity index (χ3n) is 10.7. The average Bonchev–Trinajstić information content (AvgIpc) is 3.14. The van der Waals surface area contributed by atoms with Crippen LogP contribution < -0.4 is 16.8 Å². The van der Waals surface area contributed by atoms with Crippen LogP contribution in [0, 0.1) is 45.8 Å². The van der Waals surface area contributed by atoms with Crippen LogP contribution in [0.5, 0.6) is 0 Å². The second-order valence-electron chi connectivity index (χ2n) is 12.4. The van der Waals surface area contributed by atoms with Crippen molar-refractivity contribution in [2.24, 2.45) is 51.9 Å². The SMILES string of the molecule is CC(=O)[C@H]1CC[C@H]2[C@@H]3CCC4CC(OC(=O)[C@@H](N)CCCNC(=N)N)CC[C@]4(C)[C@H]3CC[C@]12C. The summed E-state index contributed by atoms with van der Waals surface area (Å²) >= 11 is 0. The molecule has 4 aliphatic carbocycles. The maximum Gasteiger partial charge on any atom is 0.323 e. The van der Waals surface area contributed by atoms with E-state index in [9.17, 15) is 9.59 Å². The Morgan fingerprint density at radius 1 is 1.06 bits per heavy atom. The van der Waals surface area contributed by atoms with E-state index in [0.717, 1.165) is 37.5 Å². The van der Waals surface area contributed by atoms with E-state index in [4.69, 9.17) is 21.6 Å². The molecule has 4 rings (SSSR count). The summed E-state index contributed by atoms with van der Waals surface area (Å²) in [4.78, 5) is 25.0. The largest absolute Gasteiger partial charge is 0.461 e. The first kappa shape index (κ1) is 25.5. The molecule has 0 bridgehead atoms. The fourth-order valence-corrected chi connectivity index (χ4v) is 8.91. The highest BCUT2D eigenvalue weighted by atomic mass is 16.5. The van der Waals surface area contributed by atoms with Gasteiger partial charge in [-0.25, -0.2) is 0 Å². The van der Waals surface area contributed by atoms with Crippen LogP contribution in [-0.4, -0.2) is 36.4 Å². The Morgan fingerprint density at radius 2 is 1.76 bits per heavy atom. The molecule has 7 nitrogen and oxygen atoms in total. The lowest BCUT2D eigenvalue weighted by Crippen LogP contribution is -2.54. The Hall–Kier alpha value is -1.63. The molecule has 0 radical (unpaired) electrons. The van der Waals surface area contributed by atoms with Crippen molar-refractivity contribution in [3.8, 4) is 0 Å². The maximum absolute atomic E-state index is 12.6. The van der Waals surface area contributed by atoms with Crippen molar-refractivity contribution in [2.45, 2.75) is 104 Å². The number of ether oxygens (including phenoxy) is 1. The molecule has 4 fully saturated rings. The van der Waals surface area contributed by atoms with E-state index in [2.05, 4.69) is 19.2 Å². The molecule has 192 valence electrons. The summed E-state index contributed by atoms with van der Waals surface area (Å²) in [6.45, 7) is 7.27. The summed E-state index contributed by atoms with van der Waals surface area (Å²) in [5, 5.41) is 9.92. The van der Waals surface area contributed by atoms with Gasteiger partial charge in [-0.05, 0) is 112 Å². The first-order valence-electron chi connectivity index (χ1n) is 13.6. The minimum atomic E-state index is -0.620. The number of guanidine groups is 1. The van der Waals surface area contributed by atoms with Crippen molar-refractivity contribution in [2.75, 3.05) is 6.54 Å². The van der Waals surface area contributed by atoms with Crippen LogP contribution in [0.25, 0.3) is 0 Å². The second-order valence-corrected chi connectivity index (χ2v) is 12.4.